The molecule has 10 heteroatoms. The minimum Gasteiger partial charge on any atom is -0.467 e. The van der Waals surface area contributed by atoms with Gasteiger partial charge in [-0.05, 0) is 48.8 Å². The number of nitrogens with zero attached hydrogens (tertiary/aromatic N) is 6. The summed E-state index contributed by atoms with van der Waals surface area (Å²) in [6, 6.07) is 7.91. The van der Waals surface area contributed by atoms with E-state index in [2.05, 4.69) is 36.7 Å². The van der Waals surface area contributed by atoms with Gasteiger partial charge in [-0.25, -0.2) is 0 Å². The van der Waals surface area contributed by atoms with E-state index < -0.39 is 0 Å². The summed E-state index contributed by atoms with van der Waals surface area (Å²) >= 11 is 3.32. The van der Waals surface area contributed by atoms with E-state index in [4.69, 9.17) is 8.94 Å². The van der Waals surface area contributed by atoms with Crippen molar-refractivity contribution in [2.75, 3.05) is 23.7 Å². The molecule has 0 N–H and O–H groups in total. The van der Waals surface area contributed by atoms with E-state index in [1.165, 1.54) is 12.8 Å². The first kappa shape index (κ1) is 21.3. The van der Waals surface area contributed by atoms with Crippen LogP contribution in [-0.4, -0.2) is 43.7 Å². The molecule has 4 aromatic rings. The third-order valence-electron chi connectivity index (χ3n) is 5.63. The lowest BCUT2D eigenvalue weighted by atomic mass is 10.00. The van der Waals surface area contributed by atoms with Crippen molar-refractivity contribution in [1.29, 1.82) is 0 Å². The van der Waals surface area contributed by atoms with E-state index >= 15 is 0 Å². The third-order valence-corrected chi connectivity index (χ3v) is 7.55. The lowest BCUT2D eigenvalue weighted by Crippen LogP contribution is -2.35. The molecule has 0 aliphatic carbocycles. The van der Waals surface area contributed by atoms with Crippen molar-refractivity contribution >= 4 is 29.0 Å². The summed E-state index contributed by atoms with van der Waals surface area (Å²) in [5.41, 5.74) is 0. The molecule has 0 atom stereocenters. The highest BCUT2D eigenvalue weighted by Crippen LogP contribution is 2.28. The van der Waals surface area contributed by atoms with Crippen LogP contribution in [-0.2, 0) is 13.0 Å². The largest absolute Gasteiger partial charge is 0.467 e. The van der Waals surface area contributed by atoms with Crippen molar-refractivity contribution in [3.05, 3.63) is 47.6 Å². The monoisotopic (exact) mass is 470 g/mol. The minimum atomic E-state index is 0.636. The van der Waals surface area contributed by atoms with Gasteiger partial charge >= 0.3 is 0 Å². The number of rotatable bonds is 9. The van der Waals surface area contributed by atoms with E-state index in [0.29, 0.717) is 18.3 Å². The van der Waals surface area contributed by atoms with Gasteiger partial charge in [0.2, 0.25) is 17.7 Å². The van der Waals surface area contributed by atoms with Gasteiger partial charge in [0.15, 0.2) is 5.16 Å². The number of aryl methyl sites for hydroxylation is 1. The highest BCUT2D eigenvalue weighted by Gasteiger charge is 2.23. The average molecular weight is 471 g/mol. The number of anilines is 1. The molecular weight excluding hydrogens is 444 g/mol. The topological polar surface area (TPSA) is 86.0 Å². The standard InChI is InChI=1S/C22H26N6O2S2/c1-16-8-10-27(11-9-16)21-24-25-22(28(21)15-17-5-2-12-29-17)32-14-4-7-19-23-20(26-30-19)18-6-3-13-31-18/h2-3,5-6,12-13,16H,4,7-11,14-15H2,1H3. The highest BCUT2D eigenvalue weighted by molar-refractivity contribution is 7.99. The molecular formula is C22H26N6O2S2. The summed E-state index contributed by atoms with van der Waals surface area (Å²) in [4.78, 5) is 7.89. The van der Waals surface area contributed by atoms with Crippen LogP contribution in [0.15, 0.2) is 50.0 Å². The number of aromatic nitrogens is 5. The Balaban J connectivity index is 1.22. The number of piperidine rings is 1. The Kier molecular flexibility index (Phi) is 6.59. The van der Waals surface area contributed by atoms with E-state index in [-0.39, 0.29) is 0 Å². The Hall–Kier alpha value is -2.59. The van der Waals surface area contributed by atoms with Crippen molar-refractivity contribution in [2.24, 2.45) is 5.92 Å². The number of furan rings is 1. The molecule has 0 spiro atoms. The molecule has 0 aromatic carbocycles. The number of hydrogen-bond donors (Lipinski definition) is 0. The van der Waals surface area contributed by atoms with Crippen molar-refractivity contribution in [1.82, 2.24) is 24.9 Å². The molecule has 168 valence electrons. The molecule has 0 bridgehead atoms. The molecule has 1 aliphatic heterocycles. The van der Waals surface area contributed by atoms with Crippen LogP contribution in [0.4, 0.5) is 5.95 Å². The lowest BCUT2D eigenvalue weighted by Gasteiger charge is -2.31. The zero-order chi connectivity index (χ0) is 21.8. The zero-order valence-corrected chi connectivity index (χ0v) is 19.6. The predicted octanol–water partition coefficient (Wildman–Crippen LogP) is 4.99. The summed E-state index contributed by atoms with van der Waals surface area (Å²) in [6.07, 6.45) is 5.75. The normalized spacial score (nSPS) is 15.0. The van der Waals surface area contributed by atoms with E-state index in [1.807, 2.05) is 29.6 Å². The van der Waals surface area contributed by atoms with Gasteiger partial charge in [0, 0.05) is 25.3 Å². The molecule has 5 rings (SSSR count). The van der Waals surface area contributed by atoms with Crippen LogP contribution in [0.3, 0.4) is 0 Å². The van der Waals surface area contributed by atoms with E-state index in [9.17, 15) is 0 Å². The molecule has 0 amide bonds. The first-order valence-corrected chi connectivity index (χ1v) is 12.8. The second-order valence-corrected chi connectivity index (χ2v) is 10.1. The summed E-state index contributed by atoms with van der Waals surface area (Å²) in [7, 11) is 0. The molecule has 4 aromatic heterocycles. The summed E-state index contributed by atoms with van der Waals surface area (Å²) < 4.78 is 13.2. The van der Waals surface area contributed by atoms with Crippen LogP contribution >= 0.6 is 23.1 Å². The Morgan fingerprint density at radius 3 is 2.88 bits per heavy atom. The molecule has 1 saturated heterocycles. The molecule has 0 radical (unpaired) electrons. The first-order chi connectivity index (χ1) is 15.8. The van der Waals surface area contributed by atoms with Gasteiger partial charge in [-0.2, -0.15) is 4.98 Å². The van der Waals surface area contributed by atoms with Gasteiger partial charge in [-0.15, -0.1) is 21.5 Å². The van der Waals surface area contributed by atoms with Gasteiger partial charge in [0.25, 0.3) is 0 Å². The van der Waals surface area contributed by atoms with Crippen LogP contribution in [0, 0.1) is 5.92 Å². The first-order valence-electron chi connectivity index (χ1n) is 11.0. The molecule has 1 fully saturated rings. The minimum absolute atomic E-state index is 0.636. The quantitative estimate of drug-likeness (QED) is 0.250. The van der Waals surface area contributed by atoms with Crippen LogP contribution in [0.5, 0.6) is 0 Å². The summed E-state index contributed by atoms with van der Waals surface area (Å²) in [6.45, 7) is 4.99. The summed E-state index contributed by atoms with van der Waals surface area (Å²) in [5.74, 6) is 4.85. The van der Waals surface area contributed by atoms with Gasteiger partial charge in [0.05, 0.1) is 17.7 Å². The molecule has 0 unspecified atom stereocenters. The fourth-order valence-electron chi connectivity index (χ4n) is 3.78. The second-order valence-electron chi connectivity index (χ2n) is 8.06. The third kappa shape index (κ3) is 4.91. The fourth-order valence-corrected chi connectivity index (χ4v) is 5.30. The molecule has 1 aliphatic rings. The van der Waals surface area contributed by atoms with Crippen LogP contribution in [0.2, 0.25) is 0 Å². The number of thioether (sulfide) groups is 1. The maximum Gasteiger partial charge on any atom is 0.228 e. The smallest absolute Gasteiger partial charge is 0.228 e. The Morgan fingerprint density at radius 2 is 2.09 bits per heavy atom. The van der Waals surface area contributed by atoms with Gasteiger partial charge < -0.3 is 13.8 Å². The van der Waals surface area contributed by atoms with Gasteiger partial charge in [-0.3, -0.25) is 4.57 Å². The summed E-state index contributed by atoms with van der Waals surface area (Å²) in [5, 5.41) is 16.1. The Morgan fingerprint density at radius 1 is 1.19 bits per heavy atom. The van der Waals surface area contributed by atoms with Crippen molar-refractivity contribution in [3.63, 3.8) is 0 Å². The molecule has 8 nitrogen and oxygen atoms in total. The maximum absolute atomic E-state index is 5.61. The van der Waals surface area contributed by atoms with Crippen molar-refractivity contribution in [3.8, 4) is 10.7 Å². The van der Waals surface area contributed by atoms with E-state index in [0.717, 1.165) is 59.3 Å². The highest BCUT2D eigenvalue weighted by atomic mass is 32.2. The molecule has 5 heterocycles. The van der Waals surface area contributed by atoms with Crippen LogP contribution in [0.25, 0.3) is 10.7 Å². The van der Waals surface area contributed by atoms with Crippen LogP contribution in [0.1, 0.15) is 37.8 Å². The number of hydrogen-bond acceptors (Lipinski definition) is 9. The van der Waals surface area contributed by atoms with Gasteiger partial charge in [-0.1, -0.05) is 29.9 Å². The van der Waals surface area contributed by atoms with E-state index in [1.54, 1.807) is 29.4 Å². The predicted molar refractivity (Wildman–Crippen MR) is 125 cm³/mol. The van der Waals surface area contributed by atoms with Gasteiger partial charge in [0.1, 0.15) is 5.76 Å². The zero-order valence-electron chi connectivity index (χ0n) is 18.0. The van der Waals surface area contributed by atoms with Crippen LogP contribution < -0.4 is 4.90 Å². The second kappa shape index (κ2) is 9.91. The lowest BCUT2D eigenvalue weighted by molar-refractivity contribution is 0.378. The molecule has 32 heavy (non-hydrogen) atoms. The SMILES string of the molecule is CC1CCN(c2nnc(SCCCc3nc(-c4cccs4)no3)n2Cc2ccco2)CC1. The average Bonchev–Trinajstić information content (AvgIpc) is 3.60. The van der Waals surface area contributed by atoms with Crippen molar-refractivity contribution in [2.45, 2.75) is 44.3 Å². The van der Waals surface area contributed by atoms with Crippen molar-refractivity contribution < 1.29 is 8.94 Å². The molecule has 0 saturated carbocycles. The number of thiophene rings is 1. The Bertz CT molecular complexity index is 1100. The maximum atomic E-state index is 5.61. The Labute approximate surface area is 195 Å². The fraction of sp³-hybridized carbons (Fsp3) is 0.455.